The van der Waals surface area contributed by atoms with Gasteiger partial charge in [-0.1, -0.05) is 92.5 Å². The first-order valence-electron chi connectivity index (χ1n) is 14.6. The van der Waals surface area contributed by atoms with E-state index in [-0.39, 0.29) is 38.0 Å². The van der Waals surface area contributed by atoms with E-state index in [1.54, 1.807) is 12.1 Å². The van der Waals surface area contributed by atoms with Crippen LogP contribution in [0.1, 0.15) is 38.4 Å². The Balaban J connectivity index is 0.000000366. The van der Waals surface area contributed by atoms with Crippen molar-refractivity contribution in [3.63, 3.8) is 0 Å². The molecular weight excluding hydrogens is 724 g/mol. The van der Waals surface area contributed by atoms with Gasteiger partial charge in [0.2, 0.25) is 0 Å². The molecule has 0 atom stereocenters. The molecular formula is C37H38BBr2N5NaO. The number of aryl methyl sites for hydroxylation is 2. The Morgan fingerprint density at radius 2 is 1.28 bits per heavy atom. The van der Waals surface area contributed by atoms with Gasteiger partial charge in [0.25, 0.3) is 0 Å². The minimum absolute atomic E-state index is 0. The molecule has 0 spiro atoms. The van der Waals surface area contributed by atoms with E-state index in [0.717, 1.165) is 41.2 Å². The third kappa shape index (κ3) is 12.9. The summed E-state index contributed by atoms with van der Waals surface area (Å²) in [5.74, 6) is 0. The molecule has 6 aromatic rings. The molecule has 0 saturated heterocycles. The Kier molecular flexibility index (Phi) is 20.2. The number of H-pyrrole nitrogens is 2. The summed E-state index contributed by atoms with van der Waals surface area (Å²) in [4.78, 5) is 17.0. The maximum Gasteiger partial charge on any atom is 1.00 e. The number of hydrogen-bond acceptors (Lipinski definition) is 4. The first-order valence-corrected chi connectivity index (χ1v) is 16.2. The van der Waals surface area contributed by atoms with E-state index in [4.69, 9.17) is 17.6 Å². The molecule has 0 aliphatic rings. The van der Waals surface area contributed by atoms with Crippen molar-refractivity contribution in [2.45, 2.75) is 33.2 Å². The molecule has 0 aliphatic heterocycles. The number of rotatable bonds is 8. The van der Waals surface area contributed by atoms with Crippen LogP contribution in [-0.2, 0) is 19.4 Å². The van der Waals surface area contributed by atoms with Crippen LogP contribution in [0.15, 0.2) is 106 Å². The third-order valence-electron chi connectivity index (χ3n) is 7.20. The molecule has 235 valence electrons. The molecule has 10 heteroatoms. The molecule has 0 saturated carbocycles. The summed E-state index contributed by atoms with van der Waals surface area (Å²) in [5.41, 5.74) is 15.3. The van der Waals surface area contributed by atoms with Crippen LogP contribution in [0.4, 0.5) is 0 Å². The Morgan fingerprint density at radius 3 is 1.77 bits per heavy atom. The average Bonchev–Trinajstić information content (AvgIpc) is 3.55. The summed E-state index contributed by atoms with van der Waals surface area (Å²) < 4.78 is 2.07. The third-order valence-corrected chi connectivity index (χ3v) is 8.19. The molecule has 0 fully saturated rings. The number of halogens is 2. The van der Waals surface area contributed by atoms with Crippen LogP contribution in [0.5, 0.6) is 0 Å². The van der Waals surface area contributed by atoms with Crippen molar-refractivity contribution in [2.24, 2.45) is 5.73 Å². The molecule has 6 nitrogen and oxygen atoms in total. The fourth-order valence-corrected chi connectivity index (χ4v) is 5.99. The topological polar surface area (TPSA) is 110 Å². The average molecular weight is 762 g/mol. The number of para-hydroxylation sites is 2. The number of benzene rings is 4. The second-order valence-electron chi connectivity index (χ2n) is 10.3. The van der Waals surface area contributed by atoms with Gasteiger partial charge in [-0.2, -0.15) is 0 Å². The summed E-state index contributed by atoms with van der Waals surface area (Å²) >= 11 is 6.75. The predicted molar refractivity (Wildman–Crippen MR) is 199 cm³/mol. The number of carbonyl (C=O) groups is 1. The predicted octanol–water partition coefficient (Wildman–Crippen LogP) is 5.53. The van der Waals surface area contributed by atoms with Gasteiger partial charge in [-0.15, -0.1) is 0 Å². The quantitative estimate of drug-likeness (QED) is 0.0708. The van der Waals surface area contributed by atoms with Crippen molar-refractivity contribution < 1.29 is 34.4 Å². The number of hydrogen-bond donors (Lipinski definition) is 4. The molecule has 6 rings (SSSR count). The van der Waals surface area contributed by atoms with E-state index < -0.39 is 0 Å². The fourth-order valence-electron chi connectivity index (χ4n) is 5.13. The minimum atomic E-state index is 0. The molecule has 4 aromatic carbocycles. The van der Waals surface area contributed by atoms with Crippen molar-refractivity contribution in [3.8, 4) is 0 Å². The van der Waals surface area contributed by atoms with Gasteiger partial charge >= 0.3 is 29.6 Å². The number of carbonyl (C=O) groups excluding carboxylic acids is 1. The summed E-state index contributed by atoms with van der Waals surface area (Å²) in [6.45, 7) is 11.6. The van der Waals surface area contributed by atoms with E-state index >= 15 is 0 Å². The van der Waals surface area contributed by atoms with Crippen LogP contribution in [0.2, 0.25) is 0 Å². The van der Waals surface area contributed by atoms with Crippen molar-refractivity contribution >= 4 is 68.4 Å². The first kappa shape index (κ1) is 42.1. The molecule has 2 heterocycles. The summed E-state index contributed by atoms with van der Waals surface area (Å²) in [6.07, 6.45) is 2.82. The molecule has 3 radical (unpaired) electrons. The van der Waals surface area contributed by atoms with E-state index in [1.165, 1.54) is 49.9 Å². The van der Waals surface area contributed by atoms with Crippen LogP contribution in [0.25, 0.3) is 21.8 Å². The van der Waals surface area contributed by atoms with Gasteiger partial charge in [-0.05, 0) is 92.9 Å². The van der Waals surface area contributed by atoms with Gasteiger partial charge in [0.15, 0.2) is 0 Å². The summed E-state index contributed by atoms with van der Waals surface area (Å²) in [6, 6.07) is 32.5. The molecule has 47 heavy (non-hydrogen) atoms. The van der Waals surface area contributed by atoms with Gasteiger partial charge in [0.1, 0.15) is 6.29 Å². The van der Waals surface area contributed by atoms with Crippen molar-refractivity contribution in [1.82, 2.24) is 15.3 Å². The standard InChI is InChI=1S/C18H19BrN2.C11H14N2.C7H5BrO.CN.B.Na/c1-13-16(17-7-2-3-8-18(17)21-13)9-10-20-12-14-5-4-6-15(19)11-14;1-8-9(6-7-12)10-4-2-3-5-11(10)13-8;8-7-3-1-2-6(4-7)5-9;1-2;;/h2-8,11,20-21H,9-10,12H2,1H3;2-5,13H,6-7,12H2,1H3;1-5H;;;/q;;;-1;;+1. The van der Waals surface area contributed by atoms with Gasteiger partial charge in [0.05, 0.1) is 0 Å². The Morgan fingerprint density at radius 1 is 0.766 bits per heavy atom. The maximum atomic E-state index is 10.1. The zero-order valence-corrected chi connectivity index (χ0v) is 32.3. The van der Waals surface area contributed by atoms with Crippen LogP contribution in [0.3, 0.4) is 0 Å². The molecule has 0 amide bonds. The zero-order valence-electron chi connectivity index (χ0n) is 27.1. The van der Waals surface area contributed by atoms with Crippen molar-refractivity contribution in [1.29, 1.82) is 5.26 Å². The van der Waals surface area contributed by atoms with Gasteiger partial charge < -0.3 is 32.9 Å². The number of nitrogens with two attached hydrogens (primary N) is 1. The fraction of sp³-hybridized carbons (Fsp3) is 0.189. The van der Waals surface area contributed by atoms with Gasteiger partial charge in [-0.25, -0.2) is 0 Å². The number of aromatic amines is 2. The monoisotopic (exact) mass is 760 g/mol. The number of aldehydes is 1. The first-order chi connectivity index (χ1) is 21.9. The van der Waals surface area contributed by atoms with Crippen molar-refractivity contribution in [2.75, 3.05) is 13.1 Å². The SMILES string of the molecule is Cc1[nH]c2ccccc2c1CCN.Cc1[nH]c2ccccc2c1CCNCc1cccc(Br)c1.O=Cc1cccc(Br)c1.[B].[C-]#N.[Na+]. The largest absolute Gasteiger partial charge is 1.00 e. The van der Waals surface area contributed by atoms with Crippen LogP contribution < -0.4 is 40.6 Å². The Hall–Kier alpha value is -2.94. The number of nitrogens with zero attached hydrogens (tertiary/aromatic N) is 1. The molecule has 2 aromatic heterocycles. The zero-order chi connectivity index (χ0) is 32.6. The van der Waals surface area contributed by atoms with Crippen molar-refractivity contribution in [3.05, 3.63) is 146 Å². The van der Waals surface area contributed by atoms with Gasteiger partial charge in [-0.3, -0.25) is 4.79 Å². The number of nitrogens with one attached hydrogen (secondary N) is 3. The van der Waals surface area contributed by atoms with Gasteiger partial charge in [0, 0.05) is 62.7 Å². The number of fused-ring (bicyclic) bond motifs is 2. The molecule has 0 bridgehead atoms. The Labute approximate surface area is 319 Å². The minimum Gasteiger partial charge on any atom is -0.512 e. The molecule has 5 N–H and O–H groups in total. The Bertz CT molecular complexity index is 1840. The summed E-state index contributed by atoms with van der Waals surface area (Å²) in [7, 11) is 0. The second-order valence-corrected chi connectivity index (χ2v) is 12.1. The maximum absolute atomic E-state index is 10.1. The summed E-state index contributed by atoms with van der Waals surface area (Å²) in [5, 5.41) is 12.4. The van der Waals surface area contributed by atoms with E-state index in [2.05, 4.69) is 128 Å². The van der Waals surface area contributed by atoms with E-state index in [1.807, 2.05) is 18.2 Å². The smallest absolute Gasteiger partial charge is 0.512 e. The van der Waals surface area contributed by atoms with Crippen LogP contribution in [-0.4, -0.2) is 37.8 Å². The van der Waals surface area contributed by atoms with Crippen LogP contribution >= 0.6 is 31.9 Å². The molecule has 0 aliphatic carbocycles. The normalized spacial score (nSPS) is 9.77. The second kappa shape index (κ2) is 22.6. The van der Waals surface area contributed by atoms with E-state index in [9.17, 15) is 4.79 Å². The van der Waals surface area contributed by atoms with Crippen LogP contribution in [0, 0.1) is 25.7 Å². The number of aromatic nitrogens is 2. The molecule has 0 unspecified atom stereocenters. The van der Waals surface area contributed by atoms with E-state index in [0.29, 0.717) is 12.1 Å².